The van der Waals surface area contributed by atoms with Gasteiger partial charge in [-0.25, -0.2) is 0 Å². The zero-order valence-corrected chi connectivity index (χ0v) is 46.2. The summed E-state index contributed by atoms with van der Waals surface area (Å²) in [6, 6.07) is -0.978. The molecule has 0 aromatic rings. The van der Waals surface area contributed by atoms with Crippen molar-refractivity contribution in [2.75, 3.05) is 19.8 Å². The van der Waals surface area contributed by atoms with Crippen LogP contribution in [-0.2, 0) is 23.7 Å². The lowest BCUT2D eigenvalue weighted by atomic mass is 9.97. The van der Waals surface area contributed by atoms with Crippen LogP contribution in [0.3, 0.4) is 0 Å². The van der Waals surface area contributed by atoms with Crippen LogP contribution in [0.4, 0.5) is 0 Å². The molecule has 0 saturated carbocycles. The third-order valence-corrected chi connectivity index (χ3v) is 13.1. The molecule has 2 saturated heterocycles. The zero-order chi connectivity index (χ0) is 55.3. The third kappa shape index (κ3) is 31.7. The Kier molecular flexibility index (Phi) is 41.7. The Morgan fingerprint density at radius 3 is 1.45 bits per heavy atom. The molecule has 0 bridgehead atoms. The lowest BCUT2D eigenvalue weighted by Gasteiger charge is -2.46. The molecule has 2 aliphatic heterocycles. The van der Waals surface area contributed by atoms with E-state index in [0.717, 1.165) is 70.6 Å². The topological polar surface area (TPSA) is 228 Å². The summed E-state index contributed by atoms with van der Waals surface area (Å²) in [6.07, 6.45) is 49.5. The van der Waals surface area contributed by atoms with Crippen molar-refractivity contribution < 1.29 is 64.6 Å². The van der Waals surface area contributed by atoms with Crippen molar-refractivity contribution in [2.45, 2.75) is 242 Å². The fourth-order valence-corrected chi connectivity index (χ4v) is 8.49. The summed E-state index contributed by atoms with van der Waals surface area (Å²) in [7, 11) is 0. The maximum absolute atomic E-state index is 13.2. The number of hydrogen-bond donors (Lipinski definition) is 9. The van der Waals surface area contributed by atoms with E-state index >= 15 is 0 Å². The van der Waals surface area contributed by atoms with Crippen molar-refractivity contribution in [3.63, 3.8) is 0 Å². The van der Waals surface area contributed by atoms with E-state index in [1.165, 1.54) is 57.8 Å². The maximum atomic E-state index is 13.2. The molecular weight excluding hydrogens is 967 g/mol. The van der Waals surface area contributed by atoms with Crippen molar-refractivity contribution >= 4 is 5.91 Å². The summed E-state index contributed by atoms with van der Waals surface area (Å²) >= 11 is 0. The number of amides is 1. The predicted octanol–water partition coefficient (Wildman–Crippen LogP) is 9.44. The number of carbonyl (C=O) groups is 1. The summed E-state index contributed by atoms with van der Waals surface area (Å²) < 4.78 is 22.7. The molecule has 76 heavy (non-hydrogen) atoms. The highest BCUT2D eigenvalue weighted by atomic mass is 16.7. The predicted molar refractivity (Wildman–Crippen MR) is 304 cm³/mol. The highest BCUT2D eigenvalue weighted by Crippen LogP contribution is 2.30. The highest BCUT2D eigenvalue weighted by Gasteiger charge is 2.51. The van der Waals surface area contributed by atoms with Crippen LogP contribution in [0.25, 0.3) is 0 Å². The number of nitrogens with one attached hydrogen (secondary N) is 1. The lowest BCUT2D eigenvalue weighted by Crippen LogP contribution is -2.65. The summed E-state index contributed by atoms with van der Waals surface area (Å²) in [6.45, 7) is 2.59. The Morgan fingerprint density at radius 1 is 0.487 bits per heavy atom. The largest absolute Gasteiger partial charge is 0.394 e. The van der Waals surface area contributed by atoms with Gasteiger partial charge in [0, 0.05) is 6.42 Å². The van der Waals surface area contributed by atoms with Gasteiger partial charge in [0.1, 0.15) is 48.8 Å². The van der Waals surface area contributed by atoms with Gasteiger partial charge in [-0.3, -0.25) is 4.79 Å². The van der Waals surface area contributed by atoms with Crippen LogP contribution >= 0.6 is 0 Å². The van der Waals surface area contributed by atoms with E-state index in [2.05, 4.69) is 122 Å². The van der Waals surface area contributed by atoms with E-state index in [9.17, 15) is 45.6 Å². The smallest absolute Gasteiger partial charge is 0.220 e. The van der Waals surface area contributed by atoms with Gasteiger partial charge in [-0.1, -0.05) is 187 Å². The van der Waals surface area contributed by atoms with Gasteiger partial charge in [0.25, 0.3) is 0 Å². The number of hydrogen-bond acceptors (Lipinski definition) is 13. The minimum Gasteiger partial charge on any atom is -0.394 e. The fourth-order valence-electron chi connectivity index (χ4n) is 8.49. The van der Waals surface area contributed by atoms with Gasteiger partial charge >= 0.3 is 0 Å². The molecule has 14 nitrogen and oxygen atoms in total. The number of allylic oxidation sites excluding steroid dienone is 19. The lowest BCUT2D eigenvalue weighted by molar-refractivity contribution is -0.359. The molecule has 0 aromatic heterocycles. The van der Waals surface area contributed by atoms with E-state index < -0.39 is 86.8 Å². The highest BCUT2D eigenvalue weighted by molar-refractivity contribution is 5.76. The maximum Gasteiger partial charge on any atom is 0.220 e. The van der Waals surface area contributed by atoms with Crippen molar-refractivity contribution in [3.05, 3.63) is 122 Å². The van der Waals surface area contributed by atoms with E-state index in [1.54, 1.807) is 6.08 Å². The first-order valence-electron chi connectivity index (χ1n) is 28.8. The summed E-state index contributed by atoms with van der Waals surface area (Å²) in [4.78, 5) is 13.2. The van der Waals surface area contributed by atoms with Gasteiger partial charge in [-0.2, -0.15) is 0 Å². The Balaban J connectivity index is 1.85. The summed E-state index contributed by atoms with van der Waals surface area (Å²) in [5, 5.41) is 87.0. The van der Waals surface area contributed by atoms with Gasteiger partial charge in [0.05, 0.1) is 32.0 Å². The van der Waals surface area contributed by atoms with Crippen LogP contribution in [-0.4, -0.2) is 140 Å². The molecule has 2 aliphatic rings. The second-order valence-corrected chi connectivity index (χ2v) is 19.7. The normalized spacial score (nSPS) is 25.8. The molecule has 0 aliphatic carbocycles. The van der Waals surface area contributed by atoms with Gasteiger partial charge in [-0.05, 0) is 96.3 Å². The number of aliphatic hydroxyl groups excluding tert-OH is 8. The molecule has 9 N–H and O–H groups in total. The number of ether oxygens (including phenoxy) is 4. The van der Waals surface area contributed by atoms with E-state index in [1.807, 2.05) is 12.2 Å². The molecule has 1 amide bonds. The first kappa shape index (κ1) is 68.5. The average Bonchev–Trinajstić information content (AvgIpc) is 3.42. The van der Waals surface area contributed by atoms with Gasteiger partial charge in [0.2, 0.25) is 5.91 Å². The molecule has 432 valence electrons. The first-order valence-corrected chi connectivity index (χ1v) is 28.8. The van der Waals surface area contributed by atoms with Crippen LogP contribution in [0.2, 0.25) is 0 Å². The van der Waals surface area contributed by atoms with E-state index in [0.29, 0.717) is 19.3 Å². The van der Waals surface area contributed by atoms with Crippen LogP contribution < -0.4 is 5.32 Å². The Morgan fingerprint density at radius 2 is 0.921 bits per heavy atom. The molecule has 2 rings (SSSR count). The van der Waals surface area contributed by atoms with Crippen molar-refractivity contribution in [1.82, 2.24) is 5.32 Å². The van der Waals surface area contributed by atoms with E-state index in [-0.39, 0.29) is 18.9 Å². The minimum atomic E-state index is -1.80. The number of rotatable bonds is 43. The van der Waals surface area contributed by atoms with Crippen LogP contribution in [0.15, 0.2) is 122 Å². The van der Waals surface area contributed by atoms with Crippen LogP contribution in [0.1, 0.15) is 168 Å². The number of carbonyl (C=O) groups excluding carboxylic acids is 1. The first-order chi connectivity index (χ1) is 37.1. The monoisotopic (exact) mass is 1070 g/mol. The third-order valence-electron chi connectivity index (χ3n) is 13.1. The molecule has 0 spiro atoms. The Labute approximate surface area is 457 Å². The summed E-state index contributed by atoms with van der Waals surface area (Å²) in [5.74, 6) is -0.317. The van der Waals surface area contributed by atoms with Crippen LogP contribution in [0.5, 0.6) is 0 Å². The minimum absolute atomic E-state index is 0.182. The average molecular weight is 1070 g/mol. The fraction of sp³-hybridized carbons (Fsp3) is 0.661. The number of unbranched alkanes of at least 4 members (excludes halogenated alkanes) is 12. The van der Waals surface area contributed by atoms with Gasteiger partial charge in [0.15, 0.2) is 12.6 Å². The van der Waals surface area contributed by atoms with Crippen molar-refractivity contribution in [3.8, 4) is 0 Å². The summed E-state index contributed by atoms with van der Waals surface area (Å²) in [5.41, 5.74) is 0. The SMILES string of the molecule is CC/C=C\C/C=C\C/C=C\C/C=C\C/C=C\C/C=C\C/C=C\CCCC(=O)NC(COC1OC(CO)C(OC2OC(CO)C(O)C(O)C2O)C(O)C1O)C(O)/C=C/CC/C=C/CC/C=C/CCCCCCCCCCC. The van der Waals surface area contributed by atoms with Gasteiger partial charge < -0.3 is 65.1 Å². The second kappa shape index (κ2) is 46.3. The molecule has 2 heterocycles. The zero-order valence-electron chi connectivity index (χ0n) is 46.2. The molecular formula is C62H101NO13. The van der Waals surface area contributed by atoms with Gasteiger partial charge in [-0.15, -0.1) is 0 Å². The van der Waals surface area contributed by atoms with Crippen molar-refractivity contribution in [2.24, 2.45) is 0 Å². The standard InChI is InChI=1S/C62H101NO13/c1-3-5-7-9-11-13-15-17-19-21-23-24-25-26-28-30-32-34-36-38-40-42-44-46-54(67)63-50(51(66)45-43-41-39-37-35-33-31-29-27-22-20-18-16-14-12-10-8-6-4-2)49-73-61-59(72)57(70)60(53(48-65)75-61)76-62-58(71)56(69)55(68)52(47-64)74-62/h5,7,11,13,17,19,23-24,26-29,32,34-35,37-38,40,43,45,50-53,55-62,64-66,68-72H,3-4,6,8-10,12,14-16,18,20-22,25,30-31,33,36,39,41-42,44,46-49H2,1-2H3,(H,63,67)/b7-5-,13-11-,19-17-,24-23-,28-26-,29-27+,34-32-,37-35+,40-38-,45-43+. The second-order valence-electron chi connectivity index (χ2n) is 19.7. The molecule has 0 aromatic carbocycles. The quantitative estimate of drug-likeness (QED) is 0.0205. The molecule has 12 unspecified atom stereocenters. The molecule has 12 atom stereocenters. The Bertz CT molecular complexity index is 1730. The molecule has 14 heteroatoms. The Hall–Kier alpha value is -3.61. The molecule has 2 fully saturated rings. The van der Waals surface area contributed by atoms with Crippen LogP contribution in [0, 0.1) is 0 Å². The number of aliphatic hydroxyl groups is 8. The molecule has 0 radical (unpaired) electrons. The van der Waals surface area contributed by atoms with Crippen molar-refractivity contribution in [1.29, 1.82) is 0 Å². The van der Waals surface area contributed by atoms with E-state index in [4.69, 9.17) is 18.9 Å².